The Balaban J connectivity index is 2.87. The van der Waals surface area contributed by atoms with Crippen LogP contribution in [0.5, 0.6) is 0 Å². The molecule has 0 saturated heterocycles. The number of non-ortho nitro benzene ring substituents is 1. The molecule has 0 fully saturated rings. The molecule has 1 rings (SSSR count). The van der Waals surface area contributed by atoms with Crippen molar-refractivity contribution < 1.29 is 27.3 Å². The number of ether oxygens (including phenoxy) is 1. The second kappa shape index (κ2) is 6.39. The number of rotatable bonds is 6. The summed E-state index contributed by atoms with van der Waals surface area (Å²) in [6.45, 7) is -0.272. The Morgan fingerprint density at radius 3 is 2.65 bits per heavy atom. The fraction of sp³-hybridized carbons (Fsp3) is 0.300. The van der Waals surface area contributed by atoms with Crippen molar-refractivity contribution in [2.75, 3.05) is 13.7 Å². The first-order valence-electron chi connectivity index (χ1n) is 5.28. The summed E-state index contributed by atoms with van der Waals surface area (Å²) >= 11 is 0. The molecule has 10 heteroatoms. The van der Waals surface area contributed by atoms with Crippen molar-refractivity contribution >= 4 is 21.7 Å². The molecule has 0 aliphatic carbocycles. The van der Waals surface area contributed by atoms with E-state index in [1.165, 1.54) is 0 Å². The zero-order valence-corrected chi connectivity index (χ0v) is 11.1. The van der Waals surface area contributed by atoms with Crippen LogP contribution < -0.4 is 4.72 Å². The average molecular weight is 306 g/mol. The van der Waals surface area contributed by atoms with E-state index in [2.05, 4.69) is 4.74 Å². The van der Waals surface area contributed by atoms with Crippen LogP contribution in [0.4, 0.5) is 10.1 Å². The standard InChI is InChI=1S/C10H11FN2O6S/c1-19-10(14)4-5-12-20(17,18)9-3-2-7(13(15)16)6-8(9)11/h2-3,6,12H,4-5H2,1H3. The van der Waals surface area contributed by atoms with Gasteiger partial charge in [-0.15, -0.1) is 0 Å². The lowest BCUT2D eigenvalue weighted by Gasteiger charge is -2.06. The Morgan fingerprint density at radius 2 is 2.15 bits per heavy atom. The third-order valence-corrected chi connectivity index (χ3v) is 3.76. The molecule has 110 valence electrons. The number of hydrogen-bond acceptors (Lipinski definition) is 6. The number of sulfonamides is 1. The Hall–Kier alpha value is -2.07. The molecule has 0 spiro atoms. The van der Waals surface area contributed by atoms with Crippen LogP contribution >= 0.6 is 0 Å². The summed E-state index contributed by atoms with van der Waals surface area (Å²) in [6.07, 6.45) is -0.218. The van der Waals surface area contributed by atoms with Crippen molar-refractivity contribution in [2.24, 2.45) is 0 Å². The quantitative estimate of drug-likeness (QED) is 0.467. The summed E-state index contributed by atoms with van der Waals surface area (Å²) in [6, 6.07) is 2.17. The summed E-state index contributed by atoms with van der Waals surface area (Å²) in [5.74, 6) is -1.87. The highest BCUT2D eigenvalue weighted by atomic mass is 32.2. The number of carbonyl (C=O) groups excluding carboxylic acids is 1. The predicted octanol–water partition coefficient (Wildman–Crippen LogP) is 0.575. The minimum atomic E-state index is -4.19. The van der Waals surface area contributed by atoms with Gasteiger partial charge >= 0.3 is 5.97 Å². The van der Waals surface area contributed by atoms with Gasteiger partial charge in [-0.3, -0.25) is 14.9 Å². The van der Waals surface area contributed by atoms with Gasteiger partial charge in [-0.2, -0.15) is 0 Å². The molecule has 0 aliphatic rings. The highest BCUT2D eigenvalue weighted by Crippen LogP contribution is 2.20. The number of nitro benzene ring substituents is 1. The fourth-order valence-corrected chi connectivity index (χ4v) is 2.38. The van der Waals surface area contributed by atoms with E-state index in [4.69, 9.17) is 0 Å². The maximum absolute atomic E-state index is 13.5. The van der Waals surface area contributed by atoms with E-state index in [0.717, 1.165) is 19.2 Å². The average Bonchev–Trinajstić information content (AvgIpc) is 2.37. The van der Waals surface area contributed by atoms with Gasteiger partial charge in [-0.1, -0.05) is 0 Å². The number of halogens is 1. The van der Waals surface area contributed by atoms with E-state index < -0.39 is 37.3 Å². The lowest BCUT2D eigenvalue weighted by molar-refractivity contribution is -0.385. The van der Waals surface area contributed by atoms with Gasteiger partial charge in [0.05, 0.1) is 24.5 Å². The zero-order valence-electron chi connectivity index (χ0n) is 10.3. The summed E-state index contributed by atoms with van der Waals surface area (Å²) < 4.78 is 43.3. The molecular formula is C10H11FN2O6S. The number of nitrogens with one attached hydrogen (secondary N) is 1. The summed E-state index contributed by atoms with van der Waals surface area (Å²) in [4.78, 5) is 19.7. The first-order valence-corrected chi connectivity index (χ1v) is 6.76. The number of esters is 1. The number of methoxy groups -OCH3 is 1. The summed E-state index contributed by atoms with van der Waals surface area (Å²) in [7, 11) is -3.05. The molecule has 0 atom stereocenters. The van der Waals surface area contributed by atoms with Gasteiger partial charge in [0, 0.05) is 12.6 Å². The second-order valence-electron chi connectivity index (χ2n) is 3.60. The topological polar surface area (TPSA) is 116 Å². The van der Waals surface area contributed by atoms with Gasteiger partial charge in [-0.25, -0.2) is 17.5 Å². The molecular weight excluding hydrogens is 295 g/mol. The molecule has 1 aromatic rings. The Morgan fingerprint density at radius 1 is 1.50 bits per heavy atom. The monoisotopic (exact) mass is 306 g/mol. The van der Waals surface area contributed by atoms with Crippen LogP contribution in [0.3, 0.4) is 0 Å². The van der Waals surface area contributed by atoms with Gasteiger partial charge < -0.3 is 4.74 Å². The lowest BCUT2D eigenvalue weighted by atomic mass is 10.3. The van der Waals surface area contributed by atoms with Crippen molar-refractivity contribution in [1.29, 1.82) is 0 Å². The van der Waals surface area contributed by atoms with E-state index >= 15 is 0 Å². The maximum atomic E-state index is 13.5. The van der Waals surface area contributed by atoms with Crippen LogP contribution in [0.2, 0.25) is 0 Å². The van der Waals surface area contributed by atoms with Crippen molar-refractivity contribution in [3.05, 3.63) is 34.1 Å². The Bertz CT molecular complexity index is 631. The van der Waals surface area contributed by atoms with Crippen LogP contribution in [-0.2, 0) is 19.6 Å². The summed E-state index contributed by atoms with van der Waals surface area (Å²) in [5.41, 5.74) is -0.559. The number of nitro groups is 1. The van der Waals surface area contributed by atoms with E-state index in [1.54, 1.807) is 0 Å². The third kappa shape index (κ3) is 3.96. The van der Waals surface area contributed by atoms with Gasteiger partial charge in [0.25, 0.3) is 5.69 Å². The first kappa shape index (κ1) is 16.0. The number of benzene rings is 1. The number of nitrogens with zero attached hydrogens (tertiary/aromatic N) is 1. The molecule has 0 radical (unpaired) electrons. The minimum absolute atomic E-state index is 0.218. The molecule has 8 nitrogen and oxygen atoms in total. The van der Waals surface area contributed by atoms with Crippen LogP contribution in [0.25, 0.3) is 0 Å². The first-order chi connectivity index (χ1) is 9.27. The Labute approximate surface area is 113 Å². The zero-order chi connectivity index (χ0) is 15.3. The second-order valence-corrected chi connectivity index (χ2v) is 5.33. The van der Waals surface area contributed by atoms with Gasteiger partial charge in [-0.05, 0) is 6.07 Å². The van der Waals surface area contributed by atoms with Gasteiger partial charge in [0.1, 0.15) is 10.7 Å². The van der Waals surface area contributed by atoms with Crippen LogP contribution in [0.1, 0.15) is 6.42 Å². The molecule has 1 aromatic carbocycles. The lowest BCUT2D eigenvalue weighted by Crippen LogP contribution is -2.27. The van der Waals surface area contributed by atoms with Gasteiger partial charge in [0.15, 0.2) is 0 Å². The van der Waals surface area contributed by atoms with Crippen molar-refractivity contribution in [3.8, 4) is 0 Å². The Kier molecular flexibility index (Phi) is 5.11. The van der Waals surface area contributed by atoms with Crippen molar-refractivity contribution in [1.82, 2.24) is 4.72 Å². The number of hydrogen-bond donors (Lipinski definition) is 1. The predicted molar refractivity (Wildman–Crippen MR) is 64.9 cm³/mol. The fourth-order valence-electron chi connectivity index (χ4n) is 1.29. The molecule has 0 amide bonds. The van der Waals surface area contributed by atoms with E-state index in [9.17, 15) is 27.7 Å². The minimum Gasteiger partial charge on any atom is -0.469 e. The smallest absolute Gasteiger partial charge is 0.306 e. The molecule has 20 heavy (non-hydrogen) atoms. The van der Waals surface area contributed by atoms with E-state index in [0.29, 0.717) is 6.07 Å². The largest absolute Gasteiger partial charge is 0.469 e. The van der Waals surface area contributed by atoms with Crippen molar-refractivity contribution in [2.45, 2.75) is 11.3 Å². The summed E-state index contributed by atoms with van der Waals surface area (Å²) in [5, 5.41) is 10.4. The highest BCUT2D eigenvalue weighted by molar-refractivity contribution is 7.89. The van der Waals surface area contributed by atoms with Crippen LogP contribution in [-0.4, -0.2) is 33.0 Å². The van der Waals surface area contributed by atoms with Crippen LogP contribution in [0, 0.1) is 15.9 Å². The van der Waals surface area contributed by atoms with Crippen LogP contribution in [0.15, 0.2) is 23.1 Å². The van der Waals surface area contributed by atoms with Crippen molar-refractivity contribution in [3.63, 3.8) is 0 Å². The van der Waals surface area contributed by atoms with E-state index in [-0.39, 0.29) is 13.0 Å². The highest BCUT2D eigenvalue weighted by Gasteiger charge is 2.21. The normalized spacial score (nSPS) is 11.1. The molecule has 1 N–H and O–H groups in total. The van der Waals surface area contributed by atoms with Gasteiger partial charge in [0.2, 0.25) is 10.0 Å². The molecule has 0 bridgehead atoms. The molecule has 0 unspecified atom stereocenters. The third-order valence-electron chi connectivity index (χ3n) is 2.26. The molecule has 0 saturated carbocycles. The molecule has 0 heterocycles. The SMILES string of the molecule is COC(=O)CCNS(=O)(=O)c1ccc([N+](=O)[O-])cc1F. The van der Waals surface area contributed by atoms with E-state index in [1.807, 2.05) is 4.72 Å². The molecule has 0 aliphatic heterocycles. The maximum Gasteiger partial charge on any atom is 0.306 e. The number of carbonyl (C=O) groups is 1. The molecule has 0 aromatic heterocycles.